The highest BCUT2D eigenvalue weighted by Gasteiger charge is 2.42. The van der Waals surface area contributed by atoms with Gasteiger partial charge in [-0.3, -0.25) is 9.59 Å². The van der Waals surface area contributed by atoms with Gasteiger partial charge in [-0.25, -0.2) is 12.7 Å². The fourth-order valence-corrected chi connectivity index (χ4v) is 5.20. The Morgan fingerprint density at radius 2 is 1.64 bits per heavy atom. The van der Waals surface area contributed by atoms with E-state index in [1.807, 2.05) is 13.8 Å². The van der Waals surface area contributed by atoms with Gasteiger partial charge in [-0.05, 0) is 38.1 Å². The predicted molar refractivity (Wildman–Crippen MR) is 92.8 cm³/mol. The maximum absolute atomic E-state index is 12.8. The molecule has 2 aliphatic rings. The fraction of sp³-hybridized carbons (Fsp3) is 0.529. The first kappa shape index (κ1) is 17.9. The minimum atomic E-state index is -3.64. The second kappa shape index (κ2) is 6.42. The summed E-state index contributed by atoms with van der Waals surface area (Å²) in [5.41, 5.74) is 0.732. The summed E-state index contributed by atoms with van der Waals surface area (Å²) >= 11 is 0. The molecule has 1 aromatic rings. The van der Waals surface area contributed by atoms with E-state index in [1.165, 1.54) is 12.1 Å². The Bertz CT molecular complexity index is 780. The van der Waals surface area contributed by atoms with Crippen molar-refractivity contribution in [3.63, 3.8) is 0 Å². The Morgan fingerprint density at radius 3 is 2.12 bits per heavy atom. The molecule has 1 aromatic carbocycles. The molecule has 2 aliphatic heterocycles. The van der Waals surface area contributed by atoms with E-state index in [-0.39, 0.29) is 29.4 Å². The molecular formula is C17H22N2O5S. The molecule has 8 heteroatoms. The van der Waals surface area contributed by atoms with E-state index >= 15 is 0 Å². The van der Waals surface area contributed by atoms with Crippen molar-refractivity contribution in [1.29, 1.82) is 0 Å². The molecule has 0 spiro atoms. The highest BCUT2D eigenvalue weighted by atomic mass is 32.2. The number of benzene rings is 1. The van der Waals surface area contributed by atoms with Crippen LogP contribution in [0.4, 0.5) is 5.69 Å². The van der Waals surface area contributed by atoms with Gasteiger partial charge in [0.1, 0.15) is 0 Å². The molecule has 2 amide bonds. The second-order valence-electron chi connectivity index (χ2n) is 6.78. The van der Waals surface area contributed by atoms with Crippen molar-refractivity contribution >= 4 is 27.5 Å². The number of hydrogen-bond acceptors (Lipinski definition) is 5. The van der Waals surface area contributed by atoms with Crippen LogP contribution >= 0.6 is 0 Å². The van der Waals surface area contributed by atoms with Crippen LogP contribution < -0.4 is 4.31 Å². The summed E-state index contributed by atoms with van der Waals surface area (Å²) in [6.07, 6.45) is 0. The van der Waals surface area contributed by atoms with Crippen molar-refractivity contribution in [2.24, 2.45) is 5.92 Å². The molecule has 0 bridgehead atoms. The number of carbonyl (C=O) groups is 2. The van der Waals surface area contributed by atoms with Gasteiger partial charge >= 0.3 is 0 Å². The molecule has 2 fully saturated rings. The van der Waals surface area contributed by atoms with Crippen molar-refractivity contribution in [3.05, 3.63) is 29.8 Å². The molecule has 0 radical (unpaired) electrons. The van der Waals surface area contributed by atoms with E-state index < -0.39 is 21.8 Å². The standard InChI is InChI=1S/C17H22N2O5S/c1-11-10-25(22,23)19(16(11)20)15-6-4-14(5-7-15)17(21)18-12(2)8-24-9-13(18)3/h4-7,11-13H,8-10H2,1-3H3. The molecule has 136 valence electrons. The number of carbonyl (C=O) groups excluding carboxylic acids is 2. The van der Waals surface area contributed by atoms with Crippen molar-refractivity contribution in [1.82, 2.24) is 4.90 Å². The molecule has 0 saturated carbocycles. The van der Waals surface area contributed by atoms with E-state index in [0.29, 0.717) is 18.8 Å². The number of hydrogen-bond donors (Lipinski definition) is 0. The average Bonchev–Trinajstić information content (AvgIpc) is 2.75. The zero-order chi connectivity index (χ0) is 18.4. The fourth-order valence-electron chi connectivity index (χ4n) is 3.38. The van der Waals surface area contributed by atoms with Crippen LogP contribution in [0, 0.1) is 5.92 Å². The van der Waals surface area contributed by atoms with Crippen LogP contribution in [-0.2, 0) is 19.6 Å². The van der Waals surface area contributed by atoms with Gasteiger partial charge in [-0.1, -0.05) is 6.92 Å². The number of anilines is 1. The third-order valence-electron chi connectivity index (χ3n) is 4.61. The molecule has 3 unspecified atom stereocenters. The van der Waals surface area contributed by atoms with E-state index in [0.717, 1.165) is 4.31 Å². The summed E-state index contributed by atoms with van der Waals surface area (Å²) in [7, 11) is -3.64. The number of ether oxygens (including phenoxy) is 1. The number of rotatable bonds is 2. The predicted octanol–water partition coefficient (Wildman–Crippen LogP) is 1.25. The Labute approximate surface area is 147 Å². The average molecular weight is 366 g/mol. The third kappa shape index (κ3) is 3.16. The van der Waals surface area contributed by atoms with Crippen LogP contribution in [0.15, 0.2) is 24.3 Å². The maximum atomic E-state index is 12.8. The monoisotopic (exact) mass is 366 g/mol. The van der Waals surface area contributed by atoms with E-state index in [1.54, 1.807) is 24.0 Å². The van der Waals surface area contributed by atoms with Crippen molar-refractivity contribution in [3.8, 4) is 0 Å². The van der Waals surface area contributed by atoms with Crippen molar-refractivity contribution in [2.45, 2.75) is 32.9 Å². The Balaban J connectivity index is 1.85. The molecule has 0 N–H and O–H groups in total. The number of morpholine rings is 1. The van der Waals surface area contributed by atoms with Crippen LogP contribution in [-0.4, -0.2) is 56.2 Å². The number of amides is 2. The normalized spacial score (nSPS) is 29.1. The summed E-state index contributed by atoms with van der Waals surface area (Å²) in [6.45, 7) is 6.44. The van der Waals surface area contributed by atoms with Crippen LogP contribution in [0.2, 0.25) is 0 Å². The van der Waals surface area contributed by atoms with Gasteiger partial charge in [0, 0.05) is 5.56 Å². The van der Waals surface area contributed by atoms with E-state index in [2.05, 4.69) is 0 Å². The van der Waals surface area contributed by atoms with Crippen LogP contribution in [0.1, 0.15) is 31.1 Å². The summed E-state index contributed by atoms with van der Waals surface area (Å²) in [5.74, 6) is -1.30. The first-order valence-corrected chi connectivity index (χ1v) is 9.90. The van der Waals surface area contributed by atoms with Gasteiger partial charge in [0.25, 0.3) is 5.91 Å². The minimum Gasteiger partial charge on any atom is -0.377 e. The summed E-state index contributed by atoms with van der Waals surface area (Å²) < 4.78 is 30.6. The molecule has 7 nitrogen and oxygen atoms in total. The maximum Gasteiger partial charge on any atom is 0.254 e. The van der Waals surface area contributed by atoms with Crippen LogP contribution in [0.3, 0.4) is 0 Å². The highest BCUT2D eigenvalue weighted by molar-refractivity contribution is 7.94. The van der Waals surface area contributed by atoms with Crippen molar-refractivity contribution < 1.29 is 22.7 Å². The molecule has 0 aliphatic carbocycles. The van der Waals surface area contributed by atoms with E-state index in [4.69, 9.17) is 4.74 Å². The Kier molecular flexibility index (Phi) is 4.59. The summed E-state index contributed by atoms with van der Waals surface area (Å²) in [6, 6.07) is 6.10. The number of nitrogens with zero attached hydrogens (tertiary/aromatic N) is 2. The topological polar surface area (TPSA) is 84.0 Å². The first-order valence-electron chi connectivity index (χ1n) is 8.29. The number of sulfonamides is 1. The zero-order valence-corrected chi connectivity index (χ0v) is 15.3. The first-order chi connectivity index (χ1) is 11.7. The molecular weight excluding hydrogens is 344 g/mol. The molecule has 0 aromatic heterocycles. The molecule has 25 heavy (non-hydrogen) atoms. The summed E-state index contributed by atoms with van der Waals surface area (Å²) in [5, 5.41) is 0. The Morgan fingerprint density at radius 1 is 1.08 bits per heavy atom. The lowest BCUT2D eigenvalue weighted by molar-refractivity contribution is -0.119. The van der Waals surface area contributed by atoms with Gasteiger partial charge in [0.05, 0.1) is 42.7 Å². The summed E-state index contributed by atoms with van der Waals surface area (Å²) in [4.78, 5) is 26.7. The third-order valence-corrected chi connectivity index (χ3v) is 6.48. The molecule has 3 atom stereocenters. The van der Waals surface area contributed by atoms with E-state index in [9.17, 15) is 18.0 Å². The molecule has 2 saturated heterocycles. The smallest absolute Gasteiger partial charge is 0.254 e. The lowest BCUT2D eigenvalue weighted by atomic mass is 10.1. The minimum absolute atomic E-state index is 0.0303. The lowest BCUT2D eigenvalue weighted by Crippen LogP contribution is -2.52. The van der Waals surface area contributed by atoms with Gasteiger partial charge in [0.2, 0.25) is 15.9 Å². The van der Waals surface area contributed by atoms with Gasteiger partial charge in [-0.2, -0.15) is 0 Å². The lowest BCUT2D eigenvalue weighted by Gasteiger charge is -2.38. The Hall–Kier alpha value is -1.93. The van der Waals surface area contributed by atoms with Crippen molar-refractivity contribution in [2.75, 3.05) is 23.3 Å². The van der Waals surface area contributed by atoms with Gasteiger partial charge in [0.15, 0.2) is 0 Å². The van der Waals surface area contributed by atoms with Gasteiger partial charge < -0.3 is 9.64 Å². The van der Waals surface area contributed by atoms with Crippen LogP contribution in [0.5, 0.6) is 0 Å². The second-order valence-corrected chi connectivity index (χ2v) is 8.64. The highest BCUT2D eigenvalue weighted by Crippen LogP contribution is 2.28. The largest absolute Gasteiger partial charge is 0.377 e. The molecule has 2 heterocycles. The quantitative estimate of drug-likeness (QED) is 0.786. The molecule has 3 rings (SSSR count). The SMILES string of the molecule is CC1CS(=O)(=O)N(c2ccc(C(=O)N3C(C)COCC3C)cc2)C1=O. The van der Waals surface area contributed by atoms with Crippen LogP contribution in [0.25, 0.3) is 0 Å². The zero-order valence-electron chi connectivity index (χ0n) is 14.5. The van der Waals surface area contributed by atoms with Gasteiger partial charge in [-0.15, -0.1) is 0 Å².